The first-order valence-electron chi connectivity index (χ1n) is 9.67. The first-order chi connectivity index (χ1) is 12.7. The Morgan fingerprint density at radius 3 is 2.11 bits per heavy atom. The topological polar surface area (TPSA) is 9.23 Å². The van der Waals surface area contributed by atoms with Crippen LogP contribution in [0.25, 0.3) is 0 Å². The lowest BCUT2D eigenvalue weighted by molar-refractivity contribution is 0.180. The third-order valence-electron chi connectivity index (χ3n) is 5.43. The molecule has 0 spiro atoms. The Labute approximate surface area is 171 Å². The second-order valence-corrected chi connectivity index (χ2v) is 14.6. The number of aryl methyl sites for hydroxylation is 1. The minimum absolute atomic E-state index is 0.0275. The van der Waals surface area contributed by atoms with Crippen LogP contribution in [0.15, 0.2) is 67.3 Å². The smallest absolute Gasteiger partial charge is 0.192 e. The molecular weight excluding hydrogens is 364 g/mol. The molecule has 0 saturated heterocycles. The van der Waals surface area contributed by atoms with Crippen molar-refractivity contribution in [3.05, 3.63) is 83.9 Å². The van der Waals surface area contributed by atoms with E-state index < -0.39 is 8.32 Å². The molecule has 0 N–H and O–H groups in total. The van der Waals surface area contributed by atoms with Gasteiger partial charge >= 0.3 is 0 Å². The van der Waals surface area contributed by atoms with Crippen molar-refractivity contribution >= 4 is 20.1 Å². The van der Waals surface area contributed by atoms with Gasteiger partial charge in [0.15, 0.2) is 8.32 Å². The number of hydrogen-bond acceptors (Lipinski definition) is 2. The highest BCUT2D eigenvalue weighted by molar-refractivity contribution is 7.99. The van der Waals surface area contributed by atoms with E-state index in [9.17, 15) is 0 Å². The van der Waals surface area contributed by atoms with Crippen molar-refractivity contribution in [1.82, 2.24) is 0 Å². The highest BCUT2D eigenvalue weighted by atomic mass is 32.2. The van der Waals surface area contributed by atoms with Crippen LogP contribution in [-0.2, 0) is 4.43 Å². The Morgan fingerprint density at radius 1 is 1.00 bits per heavy atom. The predicted molar refractivity (Wildman–Crippen MR) is 124 cm³/mol. The molecule has 0 fully saturated rings. The molecule has 2 atom stereocenters. The summed E-state index contributed by atoms with van der Waals surface area (Å²) in [6.45, 7) is 17.7. The fourth-order valence-electron chi connectivity index (χ4n) is 2.73. The van der Waals surface area contributed by atoms with E-state index in [4.69, 9.17) is 4.43 Å². The molecule has 2 rings (SSSR count). The lowest BCUT2D eigenvalue weighted by atomic mass is 10.00. The fraction of sp³-hybridized carbons (Fsp3) is 0.417. The largest absolute Gasteiger partial charge is 0.408 e. The van der Waals surface area contributed by atoms with Crippen LogP contribution in [0.5, 0.6) is 0 Å². The lowest BCUT2D eigenvalue weighted by Crippen LogP contribution is -2.42. The van der Waals surface area contributed by atoms with Crippen molar-refractivity contribution in [2.75, 3.05) is 5.75 Å². The summed E-state index contributed by atoms with van der Waals surface area (Å²) in [7, 11) is -1.94. The van der Waals surface area contributed by atoms with Gasteiger partial charge in [-0.05, 0) is 36.2 Å². The molecule has 0 unspecified atom stereocenters. The molecule has 0 amide bonds. The van der Waals surface area contributed by atoms with E-state index in [-0.39, 0.29) is 16.4 Å². The fourth-order valence-corrected chi connectivity index (χ4v) is 5.17. The van der Waals surface area contributed by atoms with Crippen molar-refractivity contribution < 1.29 is 4.43 Å². The van der Waals surface area contributed by atoms with Crippen LogP contribution in [0.3, 0.4) is 0 Å². The Hall–Kier alpha value is -1.29. The minimum atomic E-state index is -1.94. The van der Waals surface area contributed by atoms with Crippen LogP contribution < -0.4 is 0 Å². The van der Waals surface area contributed by atoms with Gasteiger partial charge in [0.2, 0.25) is 0 Å². The summed E-state index contributed by atoms with van der Waals surface area (Å²) in [4.78, 5) is 0. The zero-order valence-electron chi connectivity index (χ0n) is 17.7. The molecule has 27 heavy (non-hydrogen) atoms. The minimum Gasteiger partial charge on any atom is -0.408 e. The normalized spacial score (nSPS) is 14.6. The van der Waals surface area contributed by atoms with Crippen molar-refractivity contribution in [2.45, 2.75) is 57.2 Å². The standard InChI is InChI=1S/C24H34OSSi/c1-8-18-26-23(21-16-14-19(2)15-17-21)22(20-12-10-9-11-13-20)25-27(6,7)24(3,4)5/h8-17,22-23H,1,18H2,2-7H3/t22-,23-/m1/s1. The molecule has 2 aromatic rings. The summed E-state index contributed by atoms with van der Waals surface area (Å²) in [5.74, 6) is 0.905. The number of thioether (sulfide) groups is 1. The Bertz CT molecular complexity index is 716. The van der Waals surface area contributed by atoms with E-state index in [0.29, 0.717) is 0 Å². The maximum absolute atomic E-state index is 7.02. The predicted octanol–water partition coefficient (Wildman–Crippen LogP) is 7.72. The molecule has 0 bridgehead atoms. The summed E-state index contributed by atoms with van der Waals surface area (Å²) in [6, 6.07) is 19.6. The molecule has 0 aliphatic heterocycles. The molecule has 0 aliphatic carbocycles. The SMILES string of the molecule is C=CCS[C@H](c1ccc(C)cc1)[C@H](O[Si](C)(C)C(C)(C)C)c1ccccc1. The van der Waals surface area contributed by atoms with E-state index in [2.05, 4.69) is 102 Å². The second-order valence-electron chi connectivity index (χ2n) is 8.66. The van der Waals surface area contributed by atoms with Gasteiger partial charge in [0, 0.05) is 5.75 Å². The van der Waals surface area contributed by atoms with E-state index in [1.165, 1.54) is 16.7 Å². The summed E-state index contributed by atoms with van der Waals surface area (Å²) < 4.78 is 7.02. The highest BCUT2D eigenvalue weighted by Gasteiger charge is 2.41. The van der Waals surface area contributed by atoms with Crippen LogP contribution in [0.1, 0.15) is 48.8 Å². The number of hydrogen-bond donors (Lipinski definition) is 0. The van der Waals surface area contributed by atoms with Gasteiger partial charge in [-0.15, -0.1) is 18.3 Å². The first kappa shape index (κ1) is 22.0. The molecule has 146 valence electrons. The van der Waals surface area contributed by atoms with E-state index in [1.807, 2.05) is 17.8 Å². The highest BCUT2D eigenvalue weighted by Crippen LogP contribution is 2.47. The summed E-state index contributed by atoms with van der Waals surface area (Å²) in [5.41, 5.74) is 3.86. The van der Waals surface area contributed by atoms with Gasteiger partial charge < -0.3 is 4.43 Å². The zero-order valence-corrected chi connectivity index (χ0v) is 19.5. The monoisotopic (exact) mass is 398 g/mol. The van der Waals surface area contributed by atoms with Gasteiger partial charge in [-0.25, -0.2) is 0 Å². The molecule has 0 radical (unpaired) electrons. The molecule has 0 aromatic heterocycles. The van der Waals surface area contributed by atoms with E-state index >= 15 is 0 Å². The van der Waals surface area contributed by atoms with Gasteiger partial charge in [-0.1, -0.05) is 87.0 Å². The van der Waals surface area contributed by atoms with Crippen LogP contribution in [-0.4, -0.2) is 14.1 Å². The van der Waals surface area contributed by atoms with Crippen molar-refractivity contribution in [3.63, 3.8) is 0 Å². The third-order valence-corrected chi connectivity index (χ3v) is 11.2. The van der Waals surface area contributed by atoms with Crippen molar-refractivity contribution in [3.8, 4) is 0 Å². The van der Waals surface area contributed by atoms with Crippen molar-refractivity contribution in [2.24, 2.45) is 0 Å². The Morgan fingerprint density at radius 2 is 1.59 bits per heavy atom. The van der Waals surface area contributed by atoms with Gasteiger partial charge in [0.1, 0.15) is 0 Å². The second kappa shape index (κ2) is 9.27. The van der Waals surface area contributed by atoms with Gasteiger partial charge in [0.25, 0.3) is 0 Å². The van der Waals surface area contributed by atoms with Crippen LogP contribution in [0.2, 0.25) is 18.1 Å². The summed E-state index contributed by atoms with van der Waals surface area (Å²) in [5, 5.41) is 0.404. The quantitative estimate of drug-likeness (QED) is 0.332. The average Bonchev–Trinajstić information content (AvgIpc) is 2.62. The van der Waals surface area contributed by atoms with Crippen LogP contribution in [0, 0.1) is 6.92 Å². The summed E-state index contributed by atoms with van der Waals surface area (Å²) >= 11 is 1.91. The van der Waals surface area contributed by atoms with Gasteiger partial charge in [-0.2, -0.15) is 0 Å². The van der Waals surface area contributed by atoms with Gasteiger partial charge in [-0.3, -0.25) is 0 Å². The van der Waals surface area contributed by atoms with Crippen LogP contribution >= 0.6 is 11.8 Å². The molecule has 2 aromatic carbocycles. The van der Waals surface area contributed by atoms with Gasteiger partial charge in [0.05, 0.1) is 11.4 Å². The Balaban J connectivity index is 2.49. The number of rotatable bonds is 8. The molecule has 3 heteroatoms. The first-order valence-corrected chi connectivity index (χ1v) is 13.6. The van der Waals surface area contributed by atoms with E-state index in [1.54, 1.807) is 0 Å². The molecular formula is C24H34OSSi. The average molecular weight is 399 g/mol. The van der Waals surface area contributed by atoms with E-state index in [0.717, 1.165) is 5.75 Å². The third kappa shape index (κ3) is 5.84. The maximum Gasteiger partial charge on any atom is 0.192 e. The Kier molecular flexibility index (Phi) is 7.55. The molecule has 0 aliphatic rings. The number of benzene rings is 2. The molecule has 0 heterocycles. The summed E-state index contributed by atoms with van der Waals surface area (Å²) in [6.07, 6.45) is 2.01. The maximum atomic E-state index is 7.02. The van der Waals surface area contributed by atoms with Crippen molar-refractivity contribution in [1.29, 1.82) is 0 Å². The molecule has 1 nitrogen and oxygen atoms in total. The molecule has 0 saturated carbocycles. The lowest BCUT2D eigenvalue weighted by Gasteiger charge is -2.41. The zero-order chi connectivity index (χ0) is 20.1. The van der Waals surface area contributed by atoms with Crippen LogP contribution in [0.4, 0.5) is 0 Å².